The molecule has 2 nitrogen and oxygen atoms in total. The Balaban J connectivity index is 1.25. The lowest BCUT2D eigenvalue weighted by Gasteiger charge is -2.26. The van der Waals surface area contributed by atoms with Crippen LogP contribution in [0.1, 0.15) is 5.56 Å². The molecule has 1 aliphatic heterocycles. The summed E-state index contributed by atoms with van der Waals surface area (Å²) in [6.07, 6.45) is 4.47. The molecule has 0 fully saturated rings. The van der Waals surface area contributed by atoms with Crippen molar-refractivity contribution in [1.29, 1.82) is 0 Å². The molecule has 0 spiro atoms. The number of nitrogens with zero attached hydrogens (tertiary/aromatic N) is 1. The van der Waals surface area contributed by atoms with Gasteiger partial charge in [0, 0.05) is 39.3 Å². The number of nitrogens with one attached hydrogen (secondary N) is 1. The maximum absolute atomic E-state index is 3.55. The van der Waals surface area contributed by atoms with Crippen LogP contribution in [-0.2, 0) is 0 Å². The second-order valence-corrected chi connectivity index (χ2v) is 12.5. The van der Waals surface area contributed by atoms with Crippen LogP contribution in [0.5, 0.6) is 0 Å². The quantitative estimate of drug-likeness (QED) is 0.208. The van der Waals surface area contributed by atoms with Crippen LogP contribution in [0.15, 0.2) is 146 Å². The van der Waals surface area contributed by atoms with E-state index >= 15 is 0 Å². The monoisotopic (exact) mass is 580 g/mol. The summed E-state index contributed by atoms with van der Waals surface area (Å²) in [6.45, 7) is 0.882. The first-order chi connectivity index (χ1) is 21.8. The first-order valence-electron chi connectivity index (χ1n) is 15.1. The van der Waals surface area contributed by atoms with E-state index in [-0.39, 0.29) is 0 Å². The van der Waals surface area contributed by atoms with Crippen molar-refractivity contribution in [3.05, 3.63) is 151 Å². The molecule has 0 aliphatic carbocycles. The van der Waals surface area contributed by atoms with E-state index in [0.717, 1.165) is 23.6 Å². The molecular formula is C41H28N2S. The Morgan fingerprint density at radius 1 is 0.500 bits per heavy atom. The highest BCUT2D eigenvalue weighted by atomic mass is 32.1. The fourth-order valence-corrected chi connectivity index (χ4v) is 7.77. The van der Waals surface area contributed by atoms with Crippen LogP contribution < -0.4 is 10.2 Å². The SMILES string of the molecule is C1=Cc2c(sc3ccc(N(c4ccc(-c5ccccc5)cc4)c4ccc5ccc6c7ccccc7ccc6c5c4)cc23)NC1. The van der Waals surface area contributed by atoms with Gasteiger partial charge in [-0.1, -0.05) is 109 Å². The summed E-state index contributed by atoms with van der Waals surface area (Å²) in [5.41, 5.74) is 7.14. The zero-order valence-corrected chi connectivity index (χ0v) is 24.8. The minimum Gasteiger partial charge on any atom is -0.373 e. The van der Waals surface area contributed by atoms with E-state index in [0.29, 0.717) is 0 Å². The smallest absolute Gasteiger partial charge is 0.0971 e. The van der Waals surface area contributed by atoms with Crippen molar-refractivity contribution in [2.45, 2.75) is 0 Å². The van der Waals surface area contributed by atoms with Gasteiger partial charge in [-0.05, 0) is 85.9 Å². The minimum atomic E-state index is 0.882. The number of hydrogen-bond donors (Lipinski definition) is 1. The Labute approximate surface area is 260 Å². The van der Waals surface area contributed by atoms with Crippen LogP contribution in [0.2, 0.25) is 0 Å². The number of thiophene rings is 1. The van der Waals surface area contributed by atoms with Crippen molar-refractivity contribution in [1.82, 2.24) is 0 Å². The van der Waals surface area contributed by atoms with E-state index < -0.39 is 0 Å². The summed E-state index contributed by atoms with van der Waals surface area (Å²) in [4.78, 5) is 2.40. The summed E-state index contributed by atoms with van der Waals surface area (Å²) < 4.78 is 1.30. The molecule has 0 unspecified atom stereocenters. The summed E-state index contributed by atoms with van der Waals surface area (Å²) in [7, 11) is 0. The third-order valence-corrected chi connectivity index (χ3v) is 10.00. The van der Waals surface area contributed by atoms with E-state index in [1.165, 1.54) is 64.1 Å². The van der Waals surface area contributed by atoms with Gasteiger partial charge in [0.15, 0.2) is 0 Å². The predicted molar refractivity (Wildman–Crippen MR) is 192 cm³/mol. The summed E-state index contributed by atoms with van der Waals surface area (Å²) in [5, 5.41) is 13.7. The van der Waals surface area contributed by atoms with E-state index in [4.69, 9.17) is 0 Å². The molecule has 9 rings (SSSR count). The lowest BCUT2D eigenvalue weighted by atomic mass is 9.96. The van der Waals surface area contributed by atoms with E-state index in [2.05, 4.69) is 162 Å². The average molecular weight is 581 g/mol. The van der Waals surface area contributed by atoms with Gasteiger partial charge in [0.25, 0.3) is 0 Å². The molecule has 0 saturated heterocycles. The number of hydrogen-bond acceptors (Lipinski definition) is 3. The molecule has 0 bridgehead atoms. The Bertz CT molecular complexity index is 2380. The second-order valence-electron chi connectivity index (χ2n) is 11.4. The fraction of sp³-hybridized carbons (Fsp3) is 0.0244. The average Bonchev–Trinajstić information content (AvgIpc) is 3.47. The Morgan fingerprint density at radius 3 is 1.98 bits per heavy atom. The third kappa shape index (κ3) is 4.09. The number of benzene rings is 7. The van der Waals surface area contributed by atoms with Gasteiger partial charge >= 0.3 is 0 Å². The largest absolute Gasteiger partial charge is 0.373 e. The standard InChI is InChI=1S/C41H28N2S/c1-2-7-27(8-3-1)28-12-17-31(18-13-28)43(33-20-23-40-39(26-33)37-11-6-24-42-41(37)44-40)32-19-14-30-16-21-35-34-10-5-4-9-29(34)15-22-36(35)38(30)25-32/h1-23,25-26,42H,24H2. The molecule has 3 heteroatoms. The van der Waals surface area contributed by atoms with Gasteiger partial charge in [-0.25, -0.2) is 0 Å². The van der Waals surface area contributed by atoms with Crippen molar-refractivity contribution < 1.29 is 0 Å². The molecule has 0 radical (unpaired) electrons. The Morgan fingerprint density at radius 2 is 1.14 bits per heavy atom. The van der Waals surface area contributed by atoms with Crippen molar-refractivity contribution in [2.75, 3.05) is 16.8 Å². The summed E-state index contributed by atoms with van der Waals surface area (Å²) >= 11 is 1.83. The lowest BCUT2D eigenvalue weighted by molar-refractivity contribution is 1.29. The maximum atomic E-state index is 3.55. The Hall–Kier alpha value is -5.38. The van der Waals surface area contributed by atoms with Gasteiger partial charge in [0.05, 0.1) is 5.00 Å². The highest BCUT2D eigenvalue weighted by Gasteiger charge is 2.18. The lowest BCUT2D eigenvalue weighted by Crippen LogP contribution is -2.10. The minimum absolute atomic E-state index is 0.882. The van der Waals surface area contributed by atoms with E-state index in [9.17, 15) is 0 Å². The third-order valence-electron chi connectivity index (χ3n) is 8.85. The normalized spacial score (nSPS) is 12.5. The number of rotatable bonds is 4. The molecule has 0 saturated carbocycles. The molecule has 1 N–H and O–H groups in total. The van der Waals surface area contributed by atoms with Crippen LogP contribution in [0.3, 0.4) is 0 Å². The second kappa shape index (κ2) is 10.1. The topological polar surface area (TPSA) is 15.3 Å². The van der Waals surface area contributed by atoms with E-state index in [1.807, 2.05) is 11.3 Å². The highest BCUT2D eigenvalue weighted by molar-refractivity contribution is 7.23. The fourth-order valence-electron chi connectivity index (χ4n) is 6.69. The van der Waals surface area contributed by atoms with Crippen molar-refractivity contribution in [3.63, 3.8) is 0 Å². The molecule has 208 valence electrons. The maximum Gasteiger partial charge on any atom is 0.0971 e. The molecule has 44 heavy (non-hydrogen) atoms. The van der Waals surface area contributed by atoms with Gasteiger partial charge in [-0.15, -0.1) is 11.3 Å². The highest BCUT2D eigenvalue weighted by Crippen LogP contribution is 2.44. The van der Waals surface area contributed by atoms with Crippen LogP contribution in [0.25, 0.3) is 59.6 Å². The number of anilines is 4. The molecule has 0 amide bonds. The van der Waals surface area contributed by atoms with Crippen molar-refractivity contribution in [2.24, 2.45) is 0 Å². The van der Waals surface area contributed by atoms with Crippen LogP contribution >= 0.6 is 11.3 Å². The first kappa shape index (κ1) is 25.1. The van der Waals surface area contributed by atoms with Gasteiger partial charge in [-0.2, -0.15) is 0 Å². The molecule has 7 aromatic carbocycles. The van der Waals surface area contributed by atoms with Crippen LogP contribution in [0.4, 0.5) is 22.1 Å². The zero-order valence-electron chi connectivity index (χ0n) is 24.0. The van der Waals surface area contributed by atoms with E-state index in [1.54, 1.807) is 0 Å². The van der Waals surface area contributed by atoms with Gasteiger partial charge in [0.2, 0.25) is 0 Å². The molecule has 1 aromatic heterocycles. The van der Waals surface area contributed by atoms with Crippen LogP contribution in [-0.4, -0.2) is 6.54 Å². The summed E-state index contributed by atoms with van der Waals surface area (Å²) in [5.74, 6) is 0. The molecule has 1 aliphatic rings. The molecular weight excluding hydrogens is 553 g/mol. The van der Waals surface area contributed by atoms with Crippen molar-refractivity contribution >= 4 is 81.9 Å². The predicted octanol–water partition coefficient (Wildman–Crippen LogP) is 11.9. The molecule has 8 aromatic rings. The van der Waals surface area contributed by atoms with Crippen LogP contribution in [0, 0.1) is 0 Å². The Kier molecular flexibility index (Phi) is 5.78. The van der Waals surface area contributed by atoms with Crippen molar-refractivity contribution in [3.8, 4) is 11.1 Å². The first-order valence-corrected chi connectivity index (χ1v) is 15.9. The molecule has 0 atom stereocenters. The zero-order chi connectivity index (χ0) is 29.0. The molecule has 2 heterocycles. The van der Waals surface area contributed by atoms with Gasteiger partial charge < -0.3 is 10.2 Å². The number of fused-ring (bicyclic) bond motifs is 8. The van der Waals surface area contributed by atoms with Gasteiger partial charge in [-0.3, -0.25) is 0 Å². The summed E-state index contributed by atoms with van der Waals surface area (Å²) in [6, 6.07) is 51.1. The van der Waals surface area contributed by atoms with Gasteiger partial charge in [0.1, 0.15) is 0 Å².